The maximum atomic E-state index is 5.61. The number of benzene rings is 1. The normalized spacial score (nSPS) is 10.9. The van der Waals surface area contributed by atoms with Crippen molar-refractivity contribution >= 4 is 11.8 Å². The van der Waals surface area contributed by atoms with Crippen LogP contribution in [-0.4, -0.2) is 36.5 Å². The van der Waals surface area contributed by atoms with Crippen LogP contribution in [0, 0.1) is 0 Å². The lowest BCUT2D eigenvalue weighted by Gasteiger charge is -2.21. The number of thioether (sulfide) groups is 1. The highest BCUT2D eigenvalue weighted by molar-refractivity contribution is 7.98. The average Bonchev–Trinajstić information content (AvgIpc) is 2.28. The van der Waals surface area contributed by atoms with Gasteiger partial charge in [0.1, 0.15) is 0 Å². The average molecular weight is 224 g/mol. The summed E-state index contributed by atoms with van der Waals surface area (Å²) in [6, 6.07) is 10.6. The fraction of sp³-hybridized carbons (Fsp3) is 0.500. The van der Waals surface area contributed by atoms with Gasteiger partial charge in [0, 0.05) is 31.9 Å². The summed E-state index contributed by atoms with van der Waals surface area (Å²) in [5, 5.41) is 0. The van der Waals surface area contributed by atoms with Crippen molar-refractivity contribution in [1.29, 1.82) is 0 Å². The molecular formula is C12H20N2S. The molecule has 0 radical (unpaired) electrons. The van der Waals surface area contributed by atoms with Gasteiger partial charge in [-0.1, -0.05) is 30.3 Å². The van der Waals surface area contributed by atoms with Crippen LogP contribution in [0.15, 0.2) is 30.3 Å². The third kappa shape index (κ3) is 5.21. The quantitative estimate of drug-likeness (QED) is 0.766. The van der Waals surface area contributed by atoms with E-state index in [-0.39, 0.29) is 0 Å². The van der Waals surface area contributed by atoms with E-state index in [2.05, 4.69) is 41.5 Å². The minimum atomic E-state index is 0.737. The molecule has 3 heteroatoms. The van der Waals surface area contributed by atoms with Crippen LogP contribution in [0.5, 0.6) is 0 Å². The molecule has 0 saturated carbocycles. The fourth-order valence-electron chi connectivity index (χ4n) is 1.51. The van der Waals surface area contributed by atoms with E-state index in [1.54, 1.807) is 0 Å². The second kappa shape index (κ2) is 7.74. The molecule has 1 aromatic rings. The Hall–Kier alpha value is -0.510. The molecule has 0 saturated heterocycles. The van der Waals surface area contributed by atoms with Crippen LogP contribution in [-0.2, 0) is 6.54 Å². The van der Waals surface area contributed by atoms with Gasteiger partial charge in [-0.25, -0.2) is 0 Å². The molecule has 15 heavy (non-hydrogen) atoms. The molecule has 84 valence electrons. The molecule has 2 nitrogen and oxygen atoms in total. The molecule has 0 aliphatic rings. The molecule has 2 N–H and O–H groups in total. The minimum absolute atomic E-state index is 0.737. The van der Waals surface area contributed by atoms with E-state index in [0.29, 0.717) is 0 Å². The lowest BCUT2D eigenvalue weighted by atomic mass is 10.2. The number of nitrogens with zero attached hydrogens (tertiary/aromatic N) is 1. The van der Waals surface area contributed by atoms with E-state index in [1.807, 2.05) is 11.8 Å². The Morgan fingerprint density at radius 3 is 2.53 bits per heavy atom. The Bertz CT molecular complexity index is 251. The standard InChI is InChI=1S/C12H20N2S/c1-15-10-9-14(8-7-13)11-12-5-3-2-4-6-12/h2-6H,7-11,13H2,1H3. The van der Waals surface area contributed by atoms with E-state index in [9.17, 15) is 0 Å². The zero-order chi connectivity index (χ0) is 10.9. The Morgan fingerprint density at radius 2 is 1.93 bits per heavy atom. The first-order valence-corrected chi connectivity index (χ1v) is 6.71. The van der Waals surface area contributed by atoms with Crippen molar-refractivity contribution < 1.29 is 0 Å². The third-order valence-corrected chi connectivity index (χ3v) is 2.90. The van der Waals surface area contributed by atoms with Gasteiger partial charge >= 0.3 is 0 Å². The number of nitrogens with two attached hydrogens (primary N) is 1. The van der Waals surface area contributed by atoms with Crippen LogP contribution in [0.2, 0.25) is 0 Å². The molecule has 0 heterocycles. The molecule has 0 unspecified atom stereocenters. The second-order valence-corrected chi connectivity index (χ2v) is 4.53. The predicted octanol–water partition coefficient (Wildman–Crippen LogP) is 1.81. The van der Waals surface area contributed by atoms with Crippen LogP contribution in [0.25, 0.3) is 0 Å². The van der Waals surface area contributed by atoms with E-state index in [1.165, 1.54) is 11.3 Å². The monoisotopic (exact) mass is 224 g/mol. The van der Waals surface area contributed by atoms with Crippen LogP contribution in [0.3, 0.4) is 0 Å². The van der Waals surface area contributed by atoms with Gasteiger partial charge in [-0.2, -0.15) is 11.8 Å². The molecule has 0 aromatic heterocycles. The first-order valence-electron chi connectivity index (χ1n) is 5.32. The molecule has 0 atom stereocenters. The highest BCUT2D eigenvalue weighted by Crippen LogP contribution is 2.05. The smallest absolute Gasteiger partial charge is 0.0234 e. The van der Waals surface area contributed by atoms with Crippen LogP contribution in [0.1, 0.15) is 5.56 Å². The van der Waals surface area contributed by atoms with Gasteiger partial charge in [-0.15, -0.1) is 0 Å². The number of rotatable bonds is 7. The van der Waals surface area contributed by atoms with Crippen molar-refractivity contribution in [2.24, 2.45) is 5.73 Å². The van der Waals surface area contributed by atoms with Crippen molar-refractivity contribution in [2.45, 2.75) is 6.54 Å². The van der Waals surface area contributed by atoms with Crippen molar-refractivity contribution in [3.8, 4) is 0 Å². The number of hydrogen-bond acceptors (Lipinski definition) is 3. The van der Waals surface area contributed by atoms with Crippen molar-refractivity contribution in [2.75, 3.05) is 31.6 Å². The second-order valence-electron chi connectivity index (χ2n) is 3.54. The maximum absolute atomic E-state index is 5.61. The van der Waals surface area contributed by atoms with Gasteiger partial charge < -0.3 is 5.73 Å². The third-order valence-electron chi connectivity index (χ3n) is 2.31. The van der Waals surface area contributed by atoms with Crippen molar-refractivity contribution in [3.63, 3.8) is 0 Å². The largest absolute Gasteiger partial charge is 0.329 e. The van der Waals surface area contributed by atoms with Gasteiger partial charge in [-0.3, -0.25) is 4.90 Å². The molecule has 0 aliphatic carbocycles. The van der Waals surface area contributed by atoms with Gasteiger partial charge in [0.05, 0.1) is 0 Å². The summed E-state index contributed by atoms with van der Waals surface area (Å²) in [5.41, 5.74) is 6.97. The molecule has 0 amide bonds. The van der Waals surface area contributed by atoms with E-state index < -0.39 is 0 Å². The van der Waals surface area contributed by atoms with Gasteiger partial charge in [-0.05, 0) is 11.8 Å². The highest BCUT2D eigenvalue weighted by Gasteiger charge is 2.03. The molecule has 1 rings (SSSR count). The molecule has 1 aromatic carbocycles. The first-order chi connectivity index (χ1) is 7.36. The topological polar surface area (TPSA) is 29.3 Å². The zero-order valence-corrected chi connectivity index (χ0v) is 10.2. The Labute approximate surface area is 96.8 Å². The molecule has 0 spiro atoms. The van der Waals surface area contributed by atoms with Crippen molar-refractivity contribution in [3.05, 3.63) is 35.9 Å². The molecule has 0 aliphatic heterocycles. The lowest BCUT2D eigenvalue weighted by molar-refractivity contribution is 0.290. The SMILES string of the molecule is CSCCN(CCN)Cc1ccccc1. The highest BCUT2D eigenvalue weighted by atomic mass is 32.2. The van der Waals surface area contributed by atoms with Crippen LogP contribution in [0.4, 0.5) is 0 Å². The molecular weight excluding hydrogens is 204 g/mol. The van der Waals surface area contributed by atoms with E-state index >= 15 is 0 Å². The minimum Gasteiger partial charge on any atom is -0.329 e. The molecule has 0 bridgehead atoms. The zero-order valence-electron chi connectivity index (χ0n) is 9.36. The Balaban J connectivity index is 2.43. The molecule has 0 fully saturated rings. The predicted molar refractivity (Wildman–Crippen MR) is 69.2 cm³/mol. The summed E-state index contributed by atoms with van der Waals surface area (Å²) >= 11 is 1.88. The van der Waals surface area contributed by atoms with Crippen molar-refractivity contribution in [1.82, 2.24) is 4.90 Å². The fourth-order valence-corrected chi connectivity index (χ4v) is 1.96. The Morgan fingerprint density at radius 1 is 1.20 bits per heavy atom. The summed E-state index contributed by atoms with van der Waals surface area (Å²) in [6.07, 6.45) is 2.14. The van der Waals surface area contributed by atoms with Crippen LogP contribution >= 0.6 is 11.8 Å². The summed E-state index contributed by atoms with van der Waals surface area (Å²) in [6.45, 7) is 3.85. The lowest BCUT2D eigenvalue weighted by Crippen LogP contribution is -2.31. The summed E-state index contributed by atoms with van der Waals surface area (Å²) in [4.78, 5) is 2.41. The summed E-state index contributed by atoms with van der Waals surface area (Å²) in [5.74, 6) is 1.17. The van der Waals surface area contributed by atoms with E-state index in [0.717, 1.165) is 26.2 Å². The van der Waals surface area contributed by atoms with Crippen LogP contribution < -0.4 is 5.73 Å². The van der Waals surface area contributed by atoms with E-state index in [4.69, 9.17) is 5.73 Å². The van der Waals surface area contributed by atoms with Gasteiger partial charge in [0.25, 0.3) is 0 Å². The maximum Gasteiger partial charge on any atom is 0.0234 e. The van der Waals surface area contributed by atoms with Gasteiger partial charge in [0.2, 0.25) is 0 Å². The Kier molecular flexibility index (Phi) is 6.48. The summed E-state index contributed by atoms with van der Waals surface area (Å²) < 4.78 is 0. The number of hydrogen-bond donors (Lipinski definition) is 1. The first kappa shape index (κ1) is 12.6. The summed E-state index contributed by atoms with van der Waals surface area (Å²) in [7, 11) is 0. The van der Waals surface area contributed by atoms with Gasteiger partial charge in [0.15, 0.2) is 0 Å².